The summed E-state index contributed by atoms with van der Waals surface area (Å²) in [5.74, 6) is 1.38. The molecule has 1 aliphatic heterocycles. The van der Waals surface area contributed by atoms with E-state index in [0.29, 0.717) is 30.9 Å². The second-order valence-corrected chi connectivity index (χ2v) is 7.12. The summed E-state index contributed by atoms with van der Waals surface area (Å²) in [5, 5.41) is 3.05. The van der Waals surface area contributed by atoms with Gasteiger partial charge in [0, 0.05) is 44.0 Å². The van der Waals surface area contributed by atoms with Gasteiger partial charge in [0.15, 0.2) is 0 Å². The number of benzene rings is 1. The molecule has 0 atom stereocenters. The highest BCUT2D eigenvalue weighted by Crippen LogP contribution is 2.18. The van der Waals surface area contributed by atoms with Crippen molar-refractivity contribution >= 4 is 11.8 Å². The first-order valence-corrected chi connectivity index (χ1v) is 9.74. The molecule has 0 radical (unpaired) electrons. The monoisotopic (exact) mass is 381 g/mol. The van der Waals surface area contributed by atoms with Crippen LogP contribution in [0.2, 0.25) is 0 Å². The van der Waals surface area contributed by atoms with E-state index in [4.69, 9.17) is 4.74 Å². The minimum absolute atomic E-state index is 0.0596. The lowest BCUT2D eigenvalue weighted by atomic mass is 9.96. The predicted octanol–water partition coefficient (Wildman–Crippen LogP) is 2.69. The number of aryl methyl sites for hydroxylation is 1. The van der Waals surface area contributed by atoms with Crippen LogP contribution in [-0.2, 0) is 11.2 Å². The quantitative estimate of drug-likeness (QED) is 0.800. The van der Waals surface area contributed by atoms with E-state index in [1.165, 1.54) is 0 Å². The largest absolute Gasteiger partial charge is 0.497 e. The van der Waals surface area contributed by atoms with E-state index in [-0.39, 0.29) is 11.8 Å². The second-order valence-electron chi connectivity index (χ2n) is 7.12. The van der Waals surface area contributed by atoms with Crippen LogP contribution in [0.3, 0.4) is 0 Å². The van der Waals surface area contributed by atoms with Crippen LogP contribution in [0.25, 0.3) is 0 Å². The van der Waals surface area contributed by atoms with Gasteiger partial charge in [0.1, 0.15) is 5.75 Å². The Kier molecular flexibility index (Phi) is 7.00. The average Bonchev–Trinajstić information content (AvgIpc) is 2.77. The molecule has 0 saturated carbocycles. The highest BCUT2D eigenvalue weighted by atomic mass is 16.5. The lowest BCUT2D eigenvalue weighted by Gasteiger charge is -2.32. The molecule has 1 aromatic heterocycles. The van der Waals surface area contributed by atoms with Crippen LogP contribution in [0, 0.1) is 5.92 Å². The normalized spacial score (nSPS) is 14.5. The Labute approximate surface area is 165 Å². The highest BCUT2D eigenvalue weighted by Gasteiger charge is 2.23. The number of piperidine rings is 1. The molecular weight excluding hydrogens is 354 g/mol. The second kappa shape index (κ2) is 9.88. The number of aromatic nitrogens is 1. The summed E-state index contributed by atoms with van der Waals surface area (Å²) in [6.07, 6.45) is 6.30. The Morgan fingerprint density at radius 2 is 1.79 bits per heavy atom. The summed E-state index contributed by atoms with van der Waals surface area (Å²) in [7, 11) is 1.64. The van der Waals surface area contributed by atoms with Crippen molar-refractivity contribution in [2.24, 2.45) is 5.92 Å². The Bertz CT molecular complexity index is 769. The molecule has 0 spiro atoms. The number of rotatable bonds is 7. The van der Waals surface area contributed by atoms with E-state index in [0.717, 1.165) is 37.2 Å². The number of methoxy groups -OCH3 is 1. The molecule has 6 heteroatoms. The third kappa shape index (κ3) is 5.55. The first-order valence-electron chi connectivity index (χ1n) is 9.74. The summed E-state index contributed by atoms with van der Waals surface area (Å²) < 4.78 is 5.14. The maximum Gasteiger partial charge on any atom is 0.253 e. The SMILES string of the molecule is COc1ccc(CCC(=O)NCC2CCN(C(=O)c3ccncc3)CC2)cc1. The average molecular weight is 381 g/mol. The van der Waals surface area contributed by atoms with E-state index in [9.17, 15) is 9.59 Å². The van der Waals surface area contributed by atoms with Crippen molar-refractivity contribution in [3.05, 3.63) is 59.9 Å². The van der Waals surface area contributed by atoms with E-state index < -0.39 is 0 Å². The molecule has 0 unspecified atom stereocenters. The van der Waals surface area contributed by atoms with Gasteiger partial charge in [-0.1, -0.05) is 12.1 Å². The molecule has 2 amide bonds. The van der Waals surface area contributed by atoms with Crippen LogP contribution in [-0.4, -0.2) is 48.4 Å². The van der Waals surface area contributed by atoms with Gasteiger partial charge in [-0.2, -0.15) is 0 Å². The molecule has 28 heavy (non-hydrogen) atoms. The third-order valence-corrected chi connectivity index (χ3v) is 5.22. The van der Waals surface area contributed by atoms with E-state index in [1.807, 2.05) is 29.2 Å². The van der Waals surface area contributed by atoms with Crippen LogP contribution >= 0.6 is 0 Å². The number of pyridine rings is 1. The van der Waals surface area contributed by atoms with Gasteiger partial charge in [0.25, 0.3) is 5.91 Å². The highest BCUT2D eigenvalue weighted by molar-refractivity contribution is 5.94. The van der Waals surface area contributed by atoms with Crippen molar-refractivity contribution in [2.75, 3.05) is 26.7 Å². The smallest absolute Gasteiger partial charge is 0.253 e. The van der Waals surface area contributed by atoms with E-state index in [2.05, 4.69) is 10.3 Å². The zero-order valence-corrected chi connectivity index (χ0v) is 16.3. The lowest BCUT2D eigenvalue weighted by Crippen LogP contribution is -2.41. The van der Waals surface area contributed by atoms with Crippen LogP contribution in [0.5, 0.6) is 5.75 Å². The number of carbonyl (C=O) groups excluding carboxylic acids is 2. The minimum Gasteiger partial charge on any atom is -0.497 e. The number of nitrogens with zero attached hydrogens (tertiary/aromatic N) is 2. The van der Waals surface area contributed by atoms with Crippen LogP contribution in [0.4, 0.5) is 0 Å². The fraction of sp³-hybridized carbons (Fsp3) is 0.409. The topological polar surface area (TPSA) is 71.5 Å². The Balaban J connectivity index is 1.35. The molecule has 2 heterocycles. The fourth-order valence-corrected chi connectivity index (χ4v) is 3.41. The minimum atomic E-state index is 0.0596. The van der Waals surface area contributed by atoms with Gasteiger partial charge >= 0.3 is 0 Å². The molecule has 1 aromatic carbocycles. The lowest BCUT2D eigenvalue weighted by molar-refractivity contribution is -0.121. The summed E-state index contributed by atoms with van der Waals surface area (Å²) >= 11 is 0. The molecule has 1 N–H and O–H groups in total. The number of carbonyl (C=O) groups is 2. The van der Waals surface area contributed by atoms with Gasteiger partial charge in [-0.15, -0.1) is 0 Å². The van der Waals surface area contributed by atoms with Crippen LogP contribution in [0.1, 0.15) is 35.2 Å². The van der Waals surface area contributed by atoms with Gasteiger partial charge in [-0.3, -0.25) is 14.6 Å². The van der Waals surface area contributed by atoms with Crippen molar-refractivity contribution in [1.82, 2.24) is 15.2 Å². The van der Waals surface area contributed by atoms with Gasteiger partial charge < -0.3 is 15.0 Å². The summed E-state index contributed by atoms with van der Waals surface area (Å²) in [6.45, 7) is 2.14. The molecule has 0 aliphatic carbocycles. The van der Waals surface area contributed by atoms with Crippen molar-refractivity contribution in [3.63, 3.8) is 0 Å². The first-order chi connectivity index (χ1) is 13.7. The number of likely N-dealkylation sites (tertiary alicyclic amines) is 1. The number of amides is 2. The van der Waals surface area contributed by atoms with Gasteiger partial charge in [-0.25, -0.2) is 0 Å². The molecule has 3 rings (SSSR count). The van der Waals surface area contributed by atoms with E-state index >= 15 is 0 Å². The summed E-state index contributed by atoms with van der Waals surface area (Å²) in [4.78, 5) is 30.4. The Hall–Kier alpha value is -2.89. The standard InChI is InChI=1S/C22H27N3O3/c1-28-20-5-2-17(3-6-20)4-7-21(26)24-16-18-10-14-25(15-11-18)22(27)19-8-12-23-13-9-19/h2-3,5-6,8-9,12-13,18H,4,7,10-11,14-16H2,1H3,(H,24,26). The zero-order chi connectivity index (χ0) is 19.8. The predicted molar refractivity (Wildman–Crippen MR) is 107 cm³/mol. The van der Waals surface area contributed by atoms with Crippen molar-refractivity contribution in [3.8, 4) is 5.75 Å². The van der Waals surface area contributed by atoms with Crippen LogP contribution in [0.15, 0.2) is 48.8 Å². The number of ether oxygens (including phenoxy) is 1. The zero-order valence-electron chi connectivity index (χ0n) is 16.3. The molecule has 6 nitrogen and oxygen atoms in total. The van der Waals surface area contributed by atoms with Gasteiger partial charge in [-0.05, 0) is 55.0 Å². The number of hydrogen-bond donors (Lipinski definition) is 1. The molecular formula is C22H27N3O3. The Morgan fingerprint density at radius 1 is 1.11 bits per heavy atom. The van der Waals surface area contributed by atoms with Gasteiger partial charge in [0.05, 0.1) is 7.11 Å². The molecule has 1 fully saturated rings. The Morgan fingerprint density at radius 3 is 2.43 bits per heavy atom. The third-order valence-electron chi connectivity index (χ3n) is 5.22. The first kappa shape index (κ1) is 19.9. The van der Waals surface area contributed by atoms with Crippen LogP contribution < -0.4 is 10.1 Å². The van der Waals surface area contributed by atoms with Crippen molar-refractivity contribution < 1.29 is 14.3 Å². The maximum absolute atomic E-state index is 12.5. The maximum atomic E-state index is 12.5. The molecule has 2 aromatic rings. The number of hydrogen-bond acceptors (Lipinski definition) is 4. The summed E-state index contributed by atoms with van der Waals surface area (Å²) in [5.41, 5.74) is 1.80. The molecule has 1 aliphatic rings. The molecule has 1 saturated heterocycles. The molecule has 0 bridgehead atoms. The van der Waals surface area contributed by atoms with Gasteiger partial charge in [0.2, 0.25) is 5.91 Å². The van der Waals surface area contributed by atoms with E-state index in [1.54, 1.807) is 31.6 Å². The molecule has 148 valence electrons. The summed E-state index contributed by atoms with van der Waals surface area (Å²) in [6, 6.07) is 11.3. The number of nitrogens with one attached hydrogen (secondary N) is 1. The fourth-order valence-electron chi connectivity index (χ4n) is 3.41. The van der Waals surface area contributed by atoms with Crippen molar-refractivity contribution in [2.45, 2.75) is 25.7 Å². The van der Waals surface area contributed by atoms with Crippen molar-refractivity contribution in [1.29, 1.82) is 0 Å².